The molecule has 1 aromatic heterocycles. The Bertz CT molecular complexity index is 666. The van der Waals surface area contributed by atoms with Crippen LogP contribution in [0.5, 0.6) is 5.75 Å². The van der Waals surface area contributed by atoms with Crippen LogP contribution in [0.1, 0.15) is 84.1 Å². The predicted octanol–water partition coefficient (Wildman–Crippen LogP) is 7.83. The molecule has 1 atom stereocenters. The maximum atomic E-state index is 5.88. The van der Waals surface area contributed by atoms with E-state index in [1.165, 1.54) is 44.9 Å². The zero-order chi connectivity index (χ0) is 21.4. The maximum Gasteiger partial charge on any atom is 0.119 e. The Hall–Kier alpha value is -1.87. The fourth-order valence-electron chi connectivity index (χ4n) is 3.39. The lowest BCUT2D eigenvalue weighted by Gasteiger charge is -2.10. The van der Waals surface area contributed by atoms with Crippen molar-refractivity contribution in [2.24, 2.45) is 5.92 Å². The van der Waals surface area contributed by atoms with Crippen LogP contribution < -0.4 is 4.74 Å². The molecule has 0 bridgehead atoms. The van der Waals surface area contributed by atoms with Crippen molar-refractivity contribution in [1.82, 2.24) is 4.98 Å². The van der Waals surface area contributed by atoms with Crippen LogP contribution in [0.15, 0.2) is 42.6 Å². The minimum atomic E-state index is 0.644. The van der Waals surface area contributed by atoms with E-state index in [1.807, 2.05) is 18.3 Å². The molecule has 1 unspecified atom stereocenters. The van der Waals surface area contributed by atoms with Gasteiger partial charge in [0.2, 0.25) is 0 Å². The summed E-state index contributed by atoms with van der Waals surface area (Å²) in [6, 6.07) is 12.4. The van der Waals surface area contributed by atoms with Crippen molar-refractivity contribution in [2.75, 3.05) is 13.2 Å². The molecule has 166 valence electrons. The van der Waals surface area contributed by atoms with Crippen LogP contribution in [-0.4, -0.2) is 18.2 Å². The second kappa shape index (κ2) is 15.0. The van der Waals surface area contributed by atoms with Gasteiger partial charge in [-0.25, -0.2) is 0 Å². The van der Waals surface area contributed by atoms with Gasteiger partial charge in [-0.1, -0.05) is 65.4 Å². The van der Waals surface area contributed by atoms with Gasteiger partial charge >= 0.3 is 0 Å². The van der Waals surface area contributed by atoms with E-state index in [9.17, 15) is 0 Å². The van der Waals surface area contributed by atoms with E-state index >= 15 is 0 Å². The van der Waals surface area contributed by atoms with Gasteiger partial charge in [-0.3, -0.25) is 4.98 Å². The molecule has 30 heavy (non-hydrogen) atoms. The van der Waals surface area contributed by atoms with Crippen LogP contribution in [0.25, 0.3) is 11.3 Å². The molecule has 0 aliphatic heterocycles. The molecule has 0 saturated heterocycles. The van der Waals surface area contributed by atoms with E-state index < -0.39 is 0 Å². The van der Waals surface area contributed by atoms with Crippen LogP contribution >= 0.6 is 0 Å². The van der Waals surface area contributed by atoms with Gasteiger partial charge in [0.1, 0.15) is 5.75 Å². The van der Waals surface area contributed by atoms with Gasteiger partial charge in [-0.15, -0.1) is 0 Å². The second-order valence-corrected chi connectivity index (χ2v) is 8.40. The number of aromatic nitrogens is 1. The number of ether oxygens (including phenoxy) is 2. The summed E-state index contributed by atoms with van der Waals surface area (Å²) >= 11 is 0. The molecular formula is C27H41NO2. The van der Waals surface area contributed by atoms with Gasteiger partial charge in [0.25, 0.3) is 0 Å². The van der Waals surface area contributed by atoms with E-state index in [1.54, 1.807) is 0 Å². The first-order valence-corrected chi connectivity index (χ1v) is 12.0. The van der Waals surface area contributed by atoms with E-state index in [0.717, 1.165) is 54.5 Å². The minimum Gasteiger partial charge on any atom is -0.494 e. The fourth-order valence-corrected chi connectivity index (χ4v) is 3.39. The average molecular weight is 412 g/mol. The fraction of sp³-hybridized carbons (Fsp3) is 0.593. The monoisotopic (exact) mass is 411 g/mol. The van der Waals surface area contributed by atoms with Crippen LogP contribution in [0.4, 0.5) is 0 Å². The lowest BCUT2D eigenvalue weighted by molar-refractivity contribution is 0.116. The standard InChI is InChI=1S/C27H41NO2/c1-4-6-7-8-10-19-29-22-24-13-18-27(28-21-24)25-14-16-26(17-15-25)30-20-11-9-12-23(3)5-2/h13-18,21,23H,4-12,19-20,22H2,1-3H3. The molecule has 0 fully saturated rings. The summed E-state index contributed by atoms with van der Waals surface area (Å²) in [4.78, 5) is 4.61. The molecule has 0 aliphatic rings. The smallest absolute Gasteiger partial charge is 0.119 e. The predicted molar refractivity (Wildman–Crippen MR) is 127 cm³/mol. The lowest BCUT2D eigenvalue weighted by atomic mass is 10.0. The number of benzene rings is 1. The molecule has 3 heteroatoms. The summed E-state index contributed by atoms with van der Waals surface area (Å²) in [7, 11) is 0. The first-order chi connectivity index (χ1) is 14.7. The number of hydrogen-bond acceptors (Lipinski definition) is 3. The molecule has 0 spiro atoms. The third-order valence-electron chi connectivity index (χ3n) is 5.69. The van der Waals surface area contributed by atoms with Crippen LogP contribution in [0.3, 0.4) is 0 Å². The molecule has 2 aromatic rings. The highest BCUT2D eigenvalue weighted by atomic mass is 16.5. The molecule has 0 aliphatic carbocycles. The van der Waals surface area contributed by atoms with Crippen molar-refractivity contribution >= 4 is 0 Å². The van der Waals surface area contributed by atoms with Crippen molar-refractivity contribution in [3.8, 4) is 17.0 Å². The topological polar surface area (TPSA) is 31.4 Å². The summed E-state index contributed by atoms with van der Waals surface area (Å²) in [5, 5.41) is 0. The molecule has 0 amide bonds. The Morgan fingerprint density at radius 2 is 1.60 bits per heavy atom. The molecule has 1 aromatic carbocycles. The third-order valence-corrected chi connectivity index (χ3v) is 5.69. The van der Waals surface area contributed by atoms with Gasteiger partial charge in [0.15, 0.2) is 0 Å². The number of nitrogens with zero attached hydrogens (tertiary/aromatic N) is 1. The van der Waals surface area contributed by atoms with Crippen LogP contribution in [0.2, 0.25) is 0 Å². The number of unbranched alkanes of at least 4 members (excludes halogenated alkanes) is 5. The molecule has 2 rings (SSSR count). The summed E-state index contributed by atoms with van der Waals surface area (Å²) < 4.78 is 11.7. The second-order valence-electron chi connectivity index (χ2n) is 8.40. The van der Waals surface area contributed by atoms with Crippen molar-refractivity contribution in [3.05, 3.63) is 48.2 Å². The maximum absolute atomic E-state index is 5.88. The summed E-state index contributed by atoms with van der Waals surface area (Å²) in [6.45, 7) is 9.10. The van der Waals surface area contributed by atoms with E-state index in [4.69, 9.17) is 9.47 Å². The van der Waals surface area contributed by atoms with Crippen molar-refractivity contribution in [2.45, 2.75) is 85.2 Å². The highest BCUT2D eigenvalue weighted by molar-refractivity contribution is 5.60. The van der Waals surface area contributed by atoms with Crippen LogP contribution in [-0.2, 0) is 11.3 Å². The van der Waals surface area contributed by atoms with Gasteiger partial charge in [0, 0.05) is 18.4 Å². The number of pyridine rings is 1. The van der Waals surface area contributed by atoms with Gasteiger partial charge < -0.3 is 9.47 Å². The zero-order valence-electron chi connectivity index (χ0n) is 19.4. The molecule has 0 saturated carbocycles. The van der Waals surface area contributed by atoms with Crippen molar-refractivity contribution in [1.29, 1.82) is 0 Å². The Morgan fingerprint density at radius 3 is 2.30 bits per heavy atom. The molecule has 3 nitrogen and oxygen atoms in total. The summed E-state index contributed by atoms with van der Waals surface area (Å²) in [6.07, 6.45) is 13.2. The summed E-state index contributed by atoms with van der Waals surface area (Å²) in [5.41, 5.74) is 3.23. The molecule has 1 heterocycles. The molecule has 0 radical (unpaired) electrons. The molecular weight excluding hydrogens is 370 g/mol. The Kier molecular flexibility index (Phi) is 12.2. The average Bonchev–Trinajstić information content (AvgIpc) is 2.79. The highest BCUT2D eigenvalue weighted by Crippen LogP contribution is 2.21. The number of rotatable bonds is 16. The zero-order valence-corrected chi connectivity index (χ0v) is 19.4. The Labute approximate surface area is 184 Å². The van der Waals surface area contributed by atoms with Crippen molar-refractivity contribution in [3.63, 3.8) is 0 Å². The van der Waals surface area contributed by atoms with E-state index in [-0.39, 0.29) is 0 Å². The van der Waals surface area contributed by atoms with Gasteiger partial charge in [-0.2, -0.15) is 0 Å². The SMILES string of the molecule is CCCCCCCOCc1ccc(-c2ccc(OCCCCC(C)CC)cc2)nc1. The lowest BCUT2D eigenvalue weighted by Crippen LogP contribution is -1.99. The van der Waals surface area contributed by atoms with Gasteiger partial charge in [0.05, 0.1) is 18.9 Å². The van der Waals surface area contributed by atoms with Gasteiger partial charge in [-0.05, 0) is 61.1 Å². The normalized spacial score (nSPS) is 12.1. The van der Waals surface area contributed by atoms with Crippen LogP contribution in [0, 0.1) is 5.92 Å². The molecule has 0 N–H and O–H groups in total. The quantitative estimate of drug-likeness (QED) is 0.264. The third kappa shape index (κ3) is 9.75. The van der Waals surface area contributed by atoms with Crippen molar-refractivity contribution < 1.29 is 9.47 Å². The van der Waals surface area contributed by atoms with E-state index in [0.29, 0.717) is 6.61 Å². The minimum absolute atomic E-state index is 0.644. The first kappa shape index (κ1) is 24.4. The Balaban J connectivity index is 1.68. The first-order valence-electron chi connectivity index (χ1n) is 12.0. The largest absolute Gasteiger partial charge is 0.494 e. The summed E-state index contributed by atoms with van der Waals surface area (Å²) in [5.74, 6) is 1.76. The van der Waals surface area contributed by atoms with E-state index in [2.05, 4.69) is 50.0 Å². The Morgan fingerprint density at radius 1 is 0.833 bits per heavy atom. The number of hydrogen-bond donors (Lipinski definition) is 0. The highest BCUT2D eigenvalue weighted by Gasteiger charge is 2.03.